The highest BCUT2D eigenvalue weighted by atomic mass is 32.1. The summed E-state index contributed by atoms with van der Waals surface area (Å²) in [5.74, 6) is 0.221. The van der Waals surface area contributed by atoms with Crippen LogP contribution in [-0.4, -0.2) is 47.9 Å². The van der Waals surface area contributed by atoms with Gasteiger partial charge in [-0.3, -0.25) is 9.69 Å². The quantitative estimate of drug-likeness (QED) is 0.782. The molecule has 0 N–H and O–H groups in total. The van der Waals surface area contributed by atoms with Crippen LogP contribution in [0.4, 0.5) is 0 Å². The van der Waals surface area contributed by atoms with Crippen molar-refractivity contribution in [2.24, 2.45) is 0 Å². The number of thiophene rings is 1. The van der Waals surface area contributed by atoms with Crippen LogP contribution < -0.4 is 0 Å². The van der Waals surface area contributed by atoms with E-state index in [-0.39, 0.29) is 5.91 Å². The van der Waals surface area contributed by atoms with Crippen LogP contribution in [0.3, 0.4) is 0 Å². The molecule has 4 rings (SSSR count). The van der Waals surface area contributed by atoms with E-state index in [4.69, 9.17) is 0 Å². The minimum atomic E-state index is 0.221. The summed E-state index contributed by atoms with van der Waals surface area (Å²) in [5.41, 5.74) is 3.61. The predicted octanol–water partition coefficient (Wildman–Crippen LogP) is 4.73. The lowest BCUT2D eigenvalue weighted by molar-refractivity contribution is 0.0577. The Morgan fingerprint density at radius 1 is 1.00 bits per heavy atom. The third kappa shape index (κ3) is 3.45. The van der Waals surface area contributed by atoms with E-state index >= 15 is 0 Å². The molecular formula is C22H28N2OS. The molecule has 26 heavy (non-hydrogen) atoms. The molecule has 0 atom stereocenters. The third-order valence-electron chi connectivity index (χ3n) is 5.97. The number of carbonyl (C=O) groups is 1. The van der Waals surface area contributed by atoms with Crippen molar-refractivity contribution in [3.63, 3.8) is 0 Å². The summed E-state index contributed by atoms with van der Waals surface area (Å²) >= 11 is 1.65. The maximum Gasteiger partial charge on any atom is 0.264 e. The predicted molar refractivity (Wildman–Crippen MR) is 109 cm³/mol. The molecule has 1 aliphatic heterocycles. The fraction of sp³-hybridized carbons (Fsp3) is 0.500. The van der Waals surface area contributed by atoms with Gasteiger partial charge in [0.05, 0.1) is 4.88 Å². The van der Waals surface area contributed by atoms with Gasteiger partial charge in [-0.25, -0.2) is 0 Å². The van der Waals surface area contributed by atoms with Gasteiger partial charge >= 0.3 is 0 Å². The van der Waals surface area contributed by atoms with Crippen LogP contribution >= 0.6 is 11.3 Å². The molecular weight excluding hydrogens is 340 g/mol. The minimum absolute atomic E-state index is 0.221. The maximum absolute atomic E-state index is 13.1. The number of benzene rings is 1. The van der Waals surface area contributed by atoms with Crippen molar-refractivity contribution in [1.29, 1.82) is 0 Å². The van der Waals surface area contributed by atoms with Gasteiger partial charge in [-0.15, -0.1) is 11.3 Å². The molecule has 1 aliphatic carbocycles. The highest BCUT2D eigenvalue weighted by Gasteiger charge is 2.29. The van der Waals surface area contributed by atoms with E-state index in [0.717, 1.165) is 42.7 Å². The van der Waals surface area contributed by atoms with Crippen molar-refractivity contribution >= 4 is 17.2 Å². The molecule has 0 spiro atoms. The highest BCUT2D eigenvalue weighted by Crippen LogP contribution is 2.34. The van der Waals surface area contributed by atoms with Gasteiger partial charge < -0.3 is 4.90 Å². The first-order valence-electron chi connectivity index (χ1n) is 9.83. The standard InChI is InChI=1S/C22H28N2OS/c1-16-7-3-6-10-19(16)20-15-17(2)21(26-20)22(25)24-13-11-23(12-14-24)18-8-4-5-9-18/h3,6-7,10,15,18H,4-5,8-9,11-14H2,1-2H3. The summed E-state index contributed by atoms with van der Waals surface area (Å²) in [4.78, 5) is 19.9. The van der Waals surface area contributed by atoms with Gasteiger partial charge in [0.2, 0.25) is 0 Å². The largest absolute Gasteiger partial charge is 0.335 e. The van der Waals surface area contributed by atoms with Crippen LogP contribution in [0, 0.1) is 13.8 Å². The van der Waals surface area contributed by atoms with E-state index in [2.05, 4.69) is 54.0 Å². The van der Waals surface area contributed by atoms with Crippen molar-refractivity contribution in [3.05, 3.63) is 46.3 Å². The number of piperazine rings is 1. The SMILES string of the molecule is Cc1ccccc1-c1cc(C)c(C(=O)N2CCN(C3CCCC3)CC2)s1. The fourth-order valence-corrected chi connectivity index (χ4v) is 5.61. The Balaban J connectivity index is 1.46. The van der Waals surface area contributed by atoms with Crippen LogP contribution in [0.25, 0.3) is 10.4 Å². The van der Waals surface area contributed by atoms with Crippen molar-refractivity contribution < 1.29 is 4.79 Å². The zero-order valence-electron chi connectivity index (χ0n) is 15.8. The average Bonchev–Trinajstić information content (AvgIpc) is 3.32. The molecule has 2 aliphatic rings. The molecule has 0 bridgehead atoms. The monoisotopic (exact) mass is 368 g/mol. The zero-order chi connectivity index (χ0) is 18.1. The molecule has 4 heteroatoms. The Labute approximate surface area is 160 Å². The fourth-order valence-electron chi connectivity index (χ4n) is 4.38. The van der Waals surface area contributed by atoms with Crippen LogP contribution in [0.1, 0.15) is 46.5 Å². The number of rotatable bonds is 3. The van der Waals surface area contributed by atoms with Crippen molar-refractivity contribution in [2.45, 2.75) is 45.6 Å². The Bertz CT molecular complexity index is 783. The molecule has 2 heterocycles. The van der Waals surface area contributed by atoms with Crippen LogP contribution in [0.5, 0.6) is 0 Å². The second kappa shape index (κ2) is 7.53. The molecule has 1 amide bonds. The zero-order valence-corrected chi connectivity index (χ0v) is 16.6. The Hall–Kier alpha value is -1.65. The smallest absolute Gasteiger partial charge is 0.264 e. The molecule has 1 saturated carbocycles. The van der Waals surface area contributed by atoms with E-state index in [1.807, 2.05) is 0 Å². The normalized spacial score (nSPS) is 19.2. The molecule has 1 saturated heterocycles. The Kier molecular flexibility index (Phi) is 5.14. The highest BCUT2D eigenvalue weighted by molar-refractivity contribution is 7.17. The van der Waals surface area contributed by atoms with Crippen molar-refractivity contribution in [2.75, 3.05) is 26.2 Å². The Morgan fingerprint density at radius 2 is 1.69 bits per heavy atom. The summed E-state index contributed by atoms with van der Waals surface area (Å²) in [5, 5.41) is 0. The lowest BCUT2D eigenvalue weighted by Crippen LogP contribution is -2.51. The summed E-state index contributed by atoms with van der Waals surface area (Å²) in [6.07, 6.45) is 5.44. The van der Waals surface area contributed by atoms with Gasteiger partial charge in [-0.1, -0.05) is 37.1 Å². The summed E-state index contributed by atoms with van der Waals surface area (Å²) in [7, 11) is 0. The molecule has 1 aromatic heterocycles. The number of hydrogen-bond donors (Lipinski definition) is 0. The molecule has 0 radical (unpaired) electrons. The average molecular weight is 369 g/mol. The van der Waals surface area contributed by atoms with Gasteiger partial charge in [0.15, 0.2) is 0 Å². The second-order valence-electron chi connectivity index (χ2n) is 7.70. The van der Waals surface area contributed by atoms with Crippen LogP contribution in [0.15, 0.2) is 30.3 Å². The first-order valence-corrected chi connectivity index (χ1v) is 10.6. The topological polar surface area (TPSA) is 23.6 Å². The second-order valence-corrected chi connectivity index (χ2v) is 8.76. The van der Waals surface area contributed by atoms with E-state index in [0.29, 0.717) is 0 Å². The molecule has 3 nitrogen and oxygen atoms in total. The lowest BCUT2D eigenvalue weighted by atomic mass is 10.1. The van der Waals surface area contributed by atoms with Crippen molar-refractivity contribution in [1.82, 2.24) is 9.80 Å². The summed E-state index contributed by atoms with van der Waals surface area (Å²) in [6, 6.07) is 11.4. The Morgan fingerprint density at radius 3 is 2.38 bits per heavy atom. The first kappa shape index (κ1) is 17.7. The number of aryl methyl sites for hydroxylation is 2. The number of amides is 1. The maximum atomic E-state index is 13.1. The van der Waals surface area contributed by atoms with Gasteiger partial charge in [-0.2, -0.15) is 0 Å². The summed E-state index contributed by atoms with van der Waals surface area (Å²) < 4.78 is 0. The van der Waals surface area contributed by atoms with Crippen molar-refractivity contribution in [3.8, 4) is 10.4 Å². The molecule has 2 aromatic rings. The van der Waals surface area contributed by atoms with Gasteiger partial charge in [0, 0.05) is 37.1 Å². The van der Waals surface area contributed by atoms with Gasteiger partial charge in [-0.05, 0) is 49.4 Å². The number of nitrogens with zero attached hydrogens (tertiary/aromatic N) is 2. The third-order valence-corrected chi connectivity index (χ3v) is 7.22. The molecule has 2 fully saturated rings. The van der Waals surface area contributed by atoms with E-state index in [9.17, 15) is 4.79 Å². The van der Waals surface area contributed by atoms with E-state index < -0.39 is 0 Å². The van der Waals surface area contributed by atoms with Gasteiger partial charge in [0.25, 0.3) is 5.91 Å². The van der Waals surface area contributed by atoms with Crippen LogP contribution in [0.2, 0.25) is 0 Å². The molecule has 0 unspecified atom stereocenters. The van der Waals surface area contributed by atoms with Gasteiger partial charge in [0.1, 0.15) is 0 Å². The first-order chi connectivity index (χ1) is 12.6. The summed E-state index contributed by atoms with van der Waals surface area (Å²) in [6.45, 7) is 8.00. The molecule has 138 valence electrons. The van der Waals surface area contributed by atoms with Crippen LogP contribution in [-0.2, 0) is 0 Å². The number of carbonyl (C=O) groups excluding carboxylic acids is 1. The minimum Gasteiger partial charge on any atom is -0.335 e. The number of hydrogen-bond acceptors (Lipinski definition) is 3. The van der Waals surface area contributed by atoms with E-state index in [1.165, 1.54) is 41.7 Å². The van der Waals surface area contributed by atoms with E-state index in [1.54, 1.807) is 11.3 Å². The lowest BCUT2D eigenvalue weighted by Gasteiger charge is -2.38. The molecule has 1 aromatic carbocycles.